The van der Waals surface area contributed by atoms with Crippen LogP contribution in [0.2, 0.25) is 0 Å². The number of aliphatic hydroxyl groups excluding tert-OH is 2. The number of nitrogens with one attached hydrogen (secondary N) is 3. The Balaban J connectivity index is 0.731. The van der Waals surface area contributed by atoms with Crippen LogP contribution < -0.4 is 26.4 Å². The van der Waals surface area contributed by atoms with E-state index in [2.05, 4.69) is 35.2 Å². The van der Waals surface area contributed by atoms with Crippen molar-refractivity contribution in [3.05, 3.63) is 47.7 Å². The number of imidazole rings is 1. The topological polar surface area (TPSA) is 430 Å². The lowest BCUT2D eigenvalue weighted by molar-refractivity contribution is -0.179. The summed E-state index contributed by atoms with van der Waals surface area (Å²) >= 11 is 1.37. The van der Waals surface area contributed by atoms with Gasteiger partial charge in [-0.15, -0.1) is 11.8 Å². The maximum Gasteiger partial charge on any atom is 0.481 e. The number of piperidine rings is 2. The van der Waals surface area contributed by atoms with E-state index in [1.165, 1.54) is 30.3 Å². The number of benzene rings is 1. The normalized spacial score (nSPS) is 29.0. The minimum Gasteiger partial charge on any atom is -0.483 e. The van der Waals surface area contributed by atoms with Crippen LogP contribution in [-0.4, -0.2) is 167 Å². The van der Waals surface area contributed by atoms with Gasteiger partial charge in [0.2, 0.25) is 17.7 Å². The number of piperazine rings is 1. The monoisotopic (exact) mass is 1210 g/mol. The van der Waals surface area contributed by atoms with Crippen molar-refractivity contribution in [1.82, 2.24) is 45.1 Å². The van der Waals surface area contributed by atoms with Crippen molar-refractivity contribution in [2.45, 2.75) is 125 Å². The van der Waals surface area contributed by atoms with Gasteiger partial charge in [0.1, 0.15) is 58.7 Å². The molecule has 6 aliphatic heterocycles. The van der Waals surface area contributed by atoms with Gasteiger partial charge >= 0.3 is 23.5 Å². The zero-order chi connectivity index (χ0) is 58.8. The van der Waals surface area contributed by atoms with E-state index < -0.39 is 118 Å². The molecule has 2 bridgehead atoms. The lowest BCUT2D eigenvalue weighted by Crippen LogP contribution is -2.85. The summed E-state index contributed by atoms with van der Waals surface area (Å²) in [7, 11) is -16.6. The third-order valence-electron chi connectivity index (χ3n) is 16.0. The summed E-state index contributed by atoms with van der Waals surface area (Å²) in [6.45, 7) is 8.52. The zero-order valence-corrected chi connectivity index (χ0v) is 48.0. The number of aromatic nitrogens is 5. The first-order valence-corrected chi connectivity index (χ1v) is 31.3. The summed E-state index contributed by atoms with van der Waals surface area (Å²) in [6, 6.07) is 3.71. The van der Waals surface area contributed by atoms with Gasteiger partial charge in [0.25, 0.3) is 5.91 Å². The third-order valence-corrected chi connectivity index (χ3v) is 20.5. The fourth-order valence-corrected chi connectivity index (χ4v) is 16.5. The molecule has 0 saturated carbocycles. The standard InChI is InChI=1S/C47H63N10O20P3S/c1-43(2,20-73-80(70,71)77-79(68,69)72-19-26-33(76-78(65,66)67)32(59)40(74-26)55-22-53-30-37(48)51-21-52-38(30)55)35(60)39(61)50-14-11-28(58)49-15-17-81-36-29-24-8-9-25-23(10-13-44(3,4)75-25)31(24)57(64)34(29)45(5,6)27-18-46-12-7-16-56(46)42(63)47(27,36)54-41(46)62/h8-10,13,21-22,26-27,32-33,35-36,40,59-60,64H,7,11-12,14-20H2,1-6H3,(H,49,58)(H,50,61)(H,54,62)(H,68,69)(H,70,71)(H2,48,51,52)(H2,65,66,67)/t26?,27-,32?,33?,35+,36?,40?,46-,47+/m0/s1. The molecule has 34 heteroatoms. The van der Waals surface area contributed by atoms with E-state index >= 15 is 4.79 Å². The number of amides is 4. The van der Waals surface area contributed by atoms with E-state index in [1.54, 1.807) is 4.90 Å². The number of phosphoric ester groups is 3. The van der Waals surface area contributed by atoms with Crippen LogP contribution >= 0.6 is 35.2 Å². The highest BCUT2D eigenvalue weighted by Crippen LogP contribution is 2.66. The van der Waals surface area contributed by atoms with Crippen LogP contribution in [-0.2, 0) is 60.9 Å². The predicted octanol–water partition coefficient (Wildman–Crippen LogP) is 1.80. The number of aliphatic hydroxyl groups is 2. The molecule has 5 fully saturated rings. The number of ether oxygens (including phenoxy) is 2. The molecule has 11 atom stereocenters. The Bertz CT molecular complexity index is 3430. The number of fused-ring (bicyclic) bond motifs is 7. The number of anilines is 1. The molecule has 12 N–H and O–H groups in total. The second-order valence-electron chi connectivity index (χ2n) is 22.7. The average Bonchev–Trinajstić information content (AvgIpc) is 1.73. The Hall–Kier alpha value is -5.07. The van der Waals surface area contributed by atoms with Gasteiger partial charge in [-0.05, 0) is 57.4 Å². The summed E-state index contributed by atoms with van der Waals surface area (Å²) in [4.78, 5) is 109. The predicted molar refractivity (Wildman–Crippen MR) is 283 cm³/mol. The Kier molecular flexibility index (Phi) is 15.0. The number of nitrogens with two attached hydrogens (primary N) is 1. The molecule has 7 unspecified atom stereocenters. The highest BCUT2D eigenvalue weighted by atomic mass is 32.2. The van der Waals surface area contributed by atoms with Gasteiger partial charge in [-0.2, -0.15) is 9.04 Å². The van der Waals surface area contributed by atoms with Gasteiger partial charge in [0, 0.05) is 65.1 Å². The second kappa shape index (κ2) is 20.6. The molecule has 442 valence electrons. The molecule has 81 heavy (non-hydrogen) atoms. The molecule has 5 saturated heterocycles. The number of hydrogen-bond donors (Lipinski definition) is 11. The minimum atomic E-state index is -5.64. The summed E-state index contributed by atoms with van der Waals surface area (Å²) in [5, 5.41) is 42.7. The molecule has 0 radical (unpaired) electrons. The van der Waals surface area contributed by atoms with Crippen molar-refractivity contribution in [3.63, 3.8) is 0 Å². The van der Waals surface area contributed by atoms with Crippen LogP contribution in [0.3, 0.4) is 0 Å². The van der Waals surface area contributed by atoms with Gasteiger partial charge in [0.05, 0.1) is 36.0 Å². The van der Waals surface area contributed by atoms with Crippen molar-refractivity contribution >= 4 is 92.8 Å². The first-order valence-electron chi connectivity index (χ1n) is 25.7. The quantitative estimate of drug-likeness (QED) is 0.0341. The van der Waals surface area contributed by atoms with E-state index in [9.17, 15) is 63.1 Å². The summed E-state index contributed by atoms with van der Waals surface area (Å²) in [5.41, 5.74) is 2.92. The number of thioether (sulfide) groups is 1. The molecular formula is C47H63N10O20P3S. The largest absolute Gasteiger partial charge is 0.483 e. The number of rotatable bonds is 20. The first kappa shape index (κ1) is 59.1. The van der Waals surface area contributed by atoms with Gasteiger partial charge in [-0.25, -0.2) is 28.6 Å². The molecule has 1 aliphatic carbocycles. The zero-order valence-electron chi connectivity index (χ0n) is 44.5. The van der Waals surface area contributed by atoms with Gasteiger partial charge in [-0.1, -0.05) is 27.7 Å². The SMILES string of the molecule is CC1(C)C=Cc2c(ccc3c4c(n(O)c23)C(C)(C)[C@@H]2C[C@]35CCCN3C(=O)[C@]2(NC5=O)C4SCCNC(=O)CCNC(=O)[C@@H](O)C(C)(C)COP(=O)(O)OP(=O)(O)OCC2OC(n3cnc4c(N)ncnc43)C(O)C2OP(=O)(O)O)O1. The van der Waals surface area contributed by atoms with Gasteiger partial charge in [0.15, 0.2) is 17.7 Å². The molecule has 1 aromatic carbocycles. The van der Waals surface area contributed by atoms with Crippen molar-refractivity contribution in [3.8, 4) is 5.75 Å². The molecule has 9 heterocycles. The second-order valence-corrected chi connectivity index (χ2v) is 28.1. The van der Waals surface area contributed by atoms with E-state index in [-0.39, 0.29) is 54.1 Å². The van der Waals surface area contributed by atoms with Crippen molar-refractivity contribution in [2.24, 2.45) is 11.3 Å². The molecule has 4 amide bonds. The number of phosphoric acid groups is 3. The van der Waals surface area contributed by atoms with Crippen LogP contribution in [0.15, 0.2) is 30.9 Å². The average molecular weight is 1210 g/mol. The molecule has 7 aliphatic rings. The van der Waals surface area contributed by atoms with Crippen LogP contribution in [0.1, 0.15) is 95.5 Å². The fraction of sp³-hybridized carbons (Fsp3) is 0.596. The molecule has 4 aromatic rings. The Labute approximate surface area is 465 Å². The number of hydrogen-bond acceptors (Lipinski definition) is 21. The molecular weight excluding hydrogens is 1150 g/mol. The maximum absolute atomic E-state index is 15.0. The van der Waals surface area contributed by atoms with Crippen molar-refractivity contribution in [1.29, 1.82) is 0 Å². The van der Waals surface area contributed by atoms with E-state index in [4.69, 9.17) is 28.8 Å². The Morgan fingerprint density at radius 3 is 2.49 bits per heavy atom. The summed E-state index contributed by atoms with van der Waals surface area (Å²) in [5.74, 6) is -1.53. The van der Waals surface area contributed by atoms with E-state index in [1.807, 2.05) is 52.0 Å². The fourth-order valence-electron chi connectivity index (χ4n) is 12.3. The summed E-state index contributed by atoms with van der Waals surface area (Å²) < 4.78 is 70.7. The molecule has 2 spiro atoms. The molecule has 3 aromatic heterocycles. The van der Waals surface area contributed by atoms with E-state index in [0.717, 1.165) is 17.2 Å². The highest BCUT2D eigenvalue weighted by Gasteiger charge is 2.76. The number of nitrogens with zero attached hydrogens (tertiary/aromatic N) is 6. The Morgan fingerprint density at radius 1 is 1.04 bits per heavy atom. The van der Waals surface area contributed by atoms with Crippen LogP contribution in [0.25, 0.3) is 28.1 Å². The molecule has 30 nitrogen and oxygen atoms in total. The molecule has 11 rings (SSSR count). The van der Waals surface area contributed by atoms with Gasteiger partial charge in [-0.3, -0.25) is 37.3 Å². The Morgan fingerprint density at radius 2 is 1.77 bits per heavy atom. The number of carbonyl (C=O) groups is 4. The number of nitrogen functional groups attached to an aromatic ring is 1. The smallest absolute Gasteiger partial charge is 0.481 e. The first-order chi connectivity index (χ1) is 37.7. The third kappa shape index (κ3) is 10.4. The van der Waals surface area contributed by atoms with Crippen molar-refractivity contribution < 1.29 is 95.2 Å². The van der Waals surface area contributed by atoms with E-state index in [0.29, 0.717) is 59.3 Å². The van der Waals surface area contributed by atoms with Crippen molar-refractivity contribution in [2.75, 3.05) is 44.3 Å². The van der Waals surface area contributed by atoms with Crippen LogP contribution in [0, 0.1) is 11.3 Å². The number of carbonyl (C=O) groups excluding carboxylic acids is 4. The highest BCUT2D eigenvalue weighted by molar-refractivity contribution is 7.99. The lowest BCUT2D eigenvalue weighted by atomic mass is 9.51. The van der Waals surface area contributed by atoms with Crippen LogP contribution in [0.4, 0.5) is 5.82 Å². The minimum absolute atomic E-state index is 0.0172. The van der Waals surface area contributed by atoms with Crippen LogP contribution in [0.5, 0.6) is 5.75 Å². The summed E-state index contributed by atoms with van der Waals surface area (Å²) in [6.07, 6.45) is -1.76. The maximum atomic E-state index is 15.0. The van der Waals surface area contributed by atoms with Gasteiger partial charge < -0.3 is 71.1 Å². The lowest BCUT2D eigenvalue weighted by Gasteiger charge is -2.66.